The molecule has 1 aliphatic rings. The molecule has 0 amide bonds. The van der Waals surface area contributed by atoms with E-state index in [1.54, 1.807) is 0 Å². The highest BCUT2D eigenvalue weighted by molar-refractivity contribution is 6.30. The summed E-state index contributed by atoms with van der Waals surface area (Å²) in [6.45, 7) is 4.16. The molecule has 1 atom stereocenters. The average Bonchev–Trinajstić information content (AvgIpc) is 2.70. The van der Waals surface area contributed by atoms with E-state index in [9.17, 15) is 0 Å². The first-order valence-corrected chi connectivity index (χ1v) is 6.98. The predicted octanol–water partition coefficient (Wildman–Crippen LogP) is 4.70. The summed E-state index contributed by atoms with van der Waals surface area (Å²) in [7, 11) is 0. The summed E-state index contributed by atoms with van der Waals surface area (Å²) in [6, 6.07) is 15.8. The van der Waals surface area contributed by atoms with Gasteiger partial charge < -0.3 is 4.74 Å². The molecule has 2 aromatic rings. The van der Waals surface area contributed by atoms with Crippen LogP contribution in [0.2, 0.25) is 5.02 Å². The molecule has 1 aliphatic heterocycles. The molecule has 0 fully saturated rings. The molecule has 0 spiro atoms. The Balaban J connectivity index is 1.92. The first-order chi connectivity index (χ1) is 9.56. The van der Waals surface area contributed by atoms with Crippen LogP contribution in [0.15, 0.2) is 48.5 Å². The minimum atomic E-state index is -0.282. The number of benzene rings is 2. The largest absolute Gasteiger partial charge is 0.350 e. The molecular weight excluding hydrogens is 268 g/mol. The van der Waals surface area contributed by atoms with Gasteiger partial charge in [0.25, 0.3) is 0 Å². The minimum absolute atomic E-state index is 0.170. The van der Waals surface area contributed by atoms with Crippen molar-refractivity contribution in [3.63, 3.8) is 0 Å². The molecule has 1 nitrogen and oxygen atoms in total. The van der Waals surface area contributed by atoms with E-state index in [0.717, 1.165) is 10.6 Å². The molecule has 0 radical (unpaired) electrons. The van der Waals surface area contributed by atoms with E-state index in [2.05, 4.69) is 37.8 Å². The smallest absolute Gasteiger partial charge is 0.145 e. The zero-order valence-electron chi connectivity index (χ0n) is 11.5. The van der Waals surface area contributed by atoms with Crippen molar-refractivity contribution in [1.29, 1.82) is 0 Å². The summed E-state index contributed by atoms with van der Waals surface area (Å²) in [6.07, 6.45) is -0.170. The van der Waals surface area contributed by atoms with Gasteiger partial charge in [-0.25, -0.2) is 0 Å². The highest BCUT2D eigenvalue weighted by atomic mass is 35.5. The van der Waals surface area contributed by atoms with E-state index in [1.165, 1.54) is 11.1 Å². The summed E-state index contributed by atoms with van der Waals surface area (Å²) in [5.74, 6) is 6.37. The van der Waals surface area contributed by atoms with Crippen LogP contribution >= 0.6 is 11.6 Å². The van der Waals surface area contributed by atoms with Gasteiger partial charge >= 0.3 is 0 Å². The first-order valence-electron chi connectivity index (χ1n) is 6.60. The van der Waals surface area contributed by atoms with Gasteiger partial charge in [0, 0.05) is 10.6 Å². The standard InChI is InChI=1S/C18H15ClO/c1-18(2)16-6-4-3-5-15(16)17(20-18)12-9-13-7-10-14(19)11-8-13/h3-8,10-11,17H,1-2H3. The third-order valence-corrected chi connectivity index (χ3v) is 3.75. The van der Waals surface area contributed by atoms with Crippen molar-refractivity contribution in [2.24, 2.45) is 0 Å². The van der Waals surface area contributed by atoms with Crippen molar-refractivity contribution in [3.05, 3.63) is 70.2 Å². The first kappa shape index (κ1) is 13.2. The van der Waals surface area contributed by atoms with E-state index >= 15 is 0 Å². The number of halogens is 1. The number of rotatable bonds is 0. The lowest BCUT2D eigenvalue weighted by molar-refractivity contribution is -0.0267. The Hall–Kier alpha value is -1.75. The monoisotopic (exact) mass is 282 g/mol. The van der Waals surface area contributed by atoms with Crippen molar-refractivity contribution in [3.8, 4) is 11.8 Å². The molecule has 1 heterocycles. The van der Waals surface area contributed by atoms with Gasteiger partial charge in [-0.15, -0.1) is 0 Å². The number of hydrogen-bond acceptors (Lipinski definition) is 1. The Labute approximate surface area is 124 Å². The van der Waals surface area contributed by atoms with Gasteiger partial charge in [-0.05, 0) is 49.2 Å². The Morgan fingerprint density at radius 3 is 2.50 bits per heavy atom. The molecule has 0 saturated heterocycles. The number of hydrogen-bond donors (Lipinski definition) is 0. The molecule has 3 rings (SSSR count). The second-order valence-corrected chi connectivity index (χ2v) is 5.81. The third kappa shape index (κ3) is 2.45. The summed E-state index contributed by atoms with van der Waals surface area (Å²) in [5, 5.41) is 0.721. The van der Waals surface area contributed by atoms with Gasteiger partial charge in [-0.1, -0.05) is 47.7 Å². The molecule has 0 aromatic heterocycles. The summed E-state index contributed by atoms with van der Waals surface area (Å²) in [4.78, 5) is 0. The van der Waals surface area contributed by atoms with Crippen LogP contribution in [0.5, 0.6) is 0 Å². The fourth-order valence-electron chi connectivity index (χ4n) is 2.48. The molecule has 1 unspecified atom stereocenters. The summed E-state index contributed by atoms with van der Waals surface area (Å²) in [5.41, 5.74) is 3.05. The Kier molecular flexibility index (Phi) is 3.30. The van der Waals surface area contributed by atoms with Crippen molar-refractivity contribution in [2.45, 2.75) is 25.6 Å². The van der Waals surface area contributed by atoms with Crippen LogP contribution < -0.4 is 0 Å². The zero-order valence-corrected chi connectivity index (χ0v) is 12.2. The lowest BCUT2D eigenvalue weighted by atomic mass is 9.95. The summed E-state index contributed by atoms with van der Waals surface area (Å²) < 4.78 is 6.07. The van der Waals surface area contributed by atoms with Gasteiger partial charge in [0.1, 0.15) is 6.10 Å². The molecule has 2 aromatic carbocycles. The molecule has 0 saturated carbocycles. The highest BCUT2D eigenvalue weighted by Crippen LogP contribution is 2.42. The van der Waals surface area contributed by atoms with Gasteiger partial charge in [0.2, 0.25) is 0 Å². The van der Waals surface area contributed by atoms with Crippen molar-refractivity contribution < 1.29 is 4.74 Å². The molecular formula is C18H15ClO. The average molecular weight is 283 g/mol. The van der Waals surface area contributed by atoms with Gasteiger partial charge in [-0.3, -0.25) is 0 Å². The van der Waals surface area contributed by atoms with Crippen LogP contribution in [0.4, 0.5) is 0 Å². The lowest BCUT2D eigenvalue weighted by Gasteiger charge is -2.18. The SMILES string of the molecule is CC1(C)OC(C#Cc2ccc(Cl)cc2)c2ccccc21. The van der Waals surface area contributed by atoms with Crippen LogP contribution in [0, 0.1) is 11.8 Å². The van der Waals surface area contributed by atoms with Crippen molar-refractivity contribution >= 4 is 11.6 Å². The minimum Gasteiger partial charge on any atom is -0.350 e. The molecule has 0 aliphatic carbocycles. The van der Waals surface area contributed by atoms with Crippen LogP contribution in [0.1, 0.15) is 36.6 Å². The van der Waals surface area contributed by atoms with Crippen LogP contribution in [0.25, 0.3) is 0 Å². The van der Waals surface area contributed by atoms with Crippen LogP contribution in [-0.2, 0) is 10.3 Å². The molecule has 20 heavy (non-hydrogen) atoms. The van der Waals surface area contributed by atoms with Gasteiger partial charge in [0.05, 0.1) is 5.60 Å². The Bertz CT molecular complexity index is 689. The van der Waals surface area contributed by atoms with E-state index in [-0.39, 0.29) is 11.7 Å². The van der Waals surface area contributed by atoms with E-state index < -0.39 is 0 Å². The Morgan fingerprint density at radius 2 is 1.75 bits per heavy atom. The molecule has 0 bridgehead atoms. The fraction of sp³-hybridized carbons (Fsp3) is 0.222. The van der Waals surface area contributed by atoms with E-state index in [4.69, 9.17) is 16.3 Å². The second kappa shape index (κ2) is 4.98. The van der Waals surface area contributed by atoms with Gasteiger partial charge in [-0.2, -0.15) is 0 Å². The molecule has 0 N–H and O–H groups in total. The number of fused-ring (bicyclic) bond motifs is 1. The maximum absolute atomic E-state index is 6.07. The second-order valence-electron chi connectivity index (χ2n) is 5.37. The van der Waals surface area contributed by atoms with Gasteiger partial charge in [0.15, 0.2) is 0 Å². The van der Waals surface area contributed by atoms with Crippen molar-refractivity contribution in [2.75, 3.05) is 0 Å². The maximum Gasteiger partial charge on any atom is 0.145 e. The normalized spacial score (nSPS) is 19.1. The summed E-state index contributed by atoms with van der Waals surface area (Å²) >= 11 is 5.87. The quantitative estimate of drug-likeness (QED) is 0.637. The topological polar surface area (TPSA) is 9.23 Å². The molecule has 2 heteroatoms. The highest BCUT2D eigenvalue weighted by Gasteiger charge is 2.36. The number of ether oxygens (including phenoxy) is 1. The lowest BCUT2D eigenvalue weighted by Crippen LogP contribution is -2.15. The van der Waals surface area contributed by atoms with Crippen LogP contribution in [-0.4, -0.2) is 0 Å². The van der Waals surface area contributed by atoms with Crippen molar-refractivity contribution in [1.82, 2.24) is 0 Å². The Morgan fingerprint density at radius 1 is 1.05 bits per heavy atom. The van der Waals surface area contributed by atoms with E-state index in [0.29, 0.717) is 0 Å². The maximum atomic E-state index is 6.07. The zero-order chi connectivity index (χ0) is 14.2. The van der Waals surface area contributed by atoms with Crippen LogP contribution in [0.3, 0.4) is 0 Å². The molecule has 100 valence electrons. The van der Waals surface area contributed by atoms with E-state index in [1.807, 2.05) is 36.4 Å². The third-order valence-electron chi connectivity index (χ3n) is 3.50. The predicted molar refractivity (Wildman–Crippen MR) is 81.6 cm³/mol. The fourth-order valence-corrected chi connectivity index (χ4v) is 2.61.